The van der Waals surface area contributed by atoms with Crippen LogP contribution in [0.5, 0.6) is 5.75 Å². The quantitative estimate of drug-likeness (QED) is 0.571. The topological polar surface area (TPSA) is 38.8 Å². The highest BCUT2D eigenvalue weighted by Crippen LogP contribution is 2.14. The maximum Gasteiger partial charge on any atom is 0.338 e. The Balaban J connectivity index is 1.67. The second-order valence-electron chi connectivity index (χ2n) is 5.70. The third-order valence-electron chi connectivity index (χ3n) is 3.95. The monoisotopic (exact) mass is 305 g/mol. The van der Waals surface area contributed by atoms with Gasteiger partial charge in [-0.3, -0.25) is 0 Å². The lowest BCUT2D eigenvalue weighted by Crippen LogP contribution is -2.26. The lowest BCUT2D eigenvalue weighted by atomic mass is 10.2. The number of nitrogens with zero attached hydrogens (tertiary/aromatic N) is 1. The molecule has 0 atom stereocenters. The van der Waals surface area contributed by atoms with Gasteiger partial charge in [-0.2, -0.15) is 0 Å². The van der Waals surface area contributed by atoms with Crippen molar-refractivity contribution >= 4 is 5.97 Å². The molecule has 1 saturated heterocycles. The van der Waals surface area contributed by atoms with E-state index in [1.165, 1.54) is 38.8 Å². The Bertz CT molecular complexity index is 436. The van der Waals surface area contributed by atoms with Crippen LogP contribution in [0.25, 0.3) is 0 Å². The number of rotatable bonds is 7. The van der Waals surface area contributed by atoms with Crippen molar-refractivity contribution in [2.75, 3.05) is 32.8 Å². The first-order valence-electron chi connectivity index (χ1n) is 8.42. The molecule has 0 bridgehead atoms. The SMILES string of the molecule is CCOC(=O)c1ccc(OCCCN2CCCCCC2)cc1. The van der Waals surface area contributed by atoms with Crippen LogP contribution in [-0.4, -0.2) is 43.7 Å². The van der Waals surface area contributed by atoms with Crippen LogP contribution in [0.2, 0.25) is 0 Å². The molecule has 0 amide bonds. The molecule has 1 heterocycles. The summed E-state index contributed by atoms with van der Waals surface area (Å²) in [5.74, 6) is 0.527. The fourth-order valence-corrected chi connectivity index (χ4v) is 2.74. The summed E-state index contributed by atoms with van der Waals surface area (Å²) in [5.41, 5.74) is 0.568. The van der Waals surface area contributed by atoms with E-state index in [9.17, 15) is 4.79 Å². The fourth-order valence-electron chi connectivity index (χ4n) is 2.74. The van der Waals surface area contributed by atoms with Gasteiger partial charge in [-0.1, -0.05) is 12.8 Å². The molecule has 1 aromatic carbocycles. The van der Waals surface area contributed by atoms with Gasteiger partial charge in [0.05, 0.1) is 18.8 Å². The Labute approximate surface area is 133 Å². The van der Waals surface area contributed by atoms with Gasteiger partial charge in [0.15, 0.2) is 0 Å². The summed E-state index contributed by atoms with van der Waals surface area (Å²) in [4.78, 5) is 14.1. The van der Waals surface area contributed by atoms with Gasteiger partial charge in [0.1, 0.15) is 5.75 Å². The predicted octanol–water partition coefficient (Wildman–Crippen LogP) is 3.51. The Morgan fingerprint density at radius 2 is 1.77 bits per heavy atom. The molecule has 1 aromatic rings. The molecule has 0 unspecified atom stereocenters. The van der Waals surface area contributed by atoms with Gasteiger partial charge in [-0.25, -0.2) is 4.79 Å². The summed E-state index contributed by atoms with van der Waals surface area (Å²) in [5, 5.41) is 0. The highest BCUT2D eigenvalue weighted by Gasteiger charge is 2.08. The van der Waals surface area contributed by atoms with Gasteiger partial charge < -0.3 is 14.4 Å². The Morgan fingerprint density at radius 1 is 1.09 bits per heavy atom. The average Bonchev–Trinajstić information content (AvgIpc) is 2.81. The first-order valence-corrected chi connectivity index (χ1v) is 8.42. The molecule has 122 valence electrons. The van der Waals surface area contributed by atoms with E-state index in [4.69, 9.17) is 9.47 Å². The van der Waals surface area contributed by atoms with Crippen molar-refractivity contribution in [3.05, 3.63) is 29.8 Å². The van der Waals surface area contributed by atoms with Gasteiger partial charge in [0.25, 0.3) is 0 Å². The third-order valence-corrected chi connectivity index (χ3v) is 3.95. The van der Waals surface area contributed by atoms with Gasteiger partial charge >= 0.3 is 5.97 Å². The summed E-state index contributed by atoms with van der Waals surface area (Å²) in [6.45, 7) is 6.49. The first-order chi connectivity index (χ1) is 10.8. The van der Waals surface area contributed by atoms with E-state index < -0.39 is 0 Å². The number of benzene rings is 1. The molecule has 1 aliphatic rings. The molecule has 0 saturated carbocycles. The predicted molar refractivity (Wildman–Crippen MR) is 87.4 cm³/mol. The number of carbonyl (C=O) groups excluding carboxylic acids is 1. The number of esters is 1. The molecule has 1 fully saturated rings. The van der Waals surface area contributed by atoms with Crippen molar-refractivity contribution in [1.82, 2.24) is 4.90 Å². The van der Waals surface area contributed by atoms with E-state index >= 15 is 0 Å². The maximum atomic E-state index is 11.6. The third kappa shape index (κ3) is 5.68. The van der Waals surface area contributed by atoms with Crippen LogP contribution in [0.1, 0.15) is 49.4 Å². The Hall–Kier alpha value is -1.55. The molecule has 4 nitrogen and oxygen atoms in total. The van der Waals surface area contributed by atoms with E-state index in [0.29, 0.717) is 12.2 Å². The zero-order chi connectivity index (χ0) is 15.6. The molecular weight excluding hydrogens is 278 g/mol. The zero-order valence-electron chi connectivity index (χ0n) is 13.6. The van der Waals surface area contributed by atoms with Crippen LogP contribution in [0.3, 0.4) is 0 Å². The standard InChI is InChI=1S/C18H27NO3/c1-2-21-18(20)16-8-10-17(11-9-16)22-15-7-14-19-12-5-3-4-6-13-19/h8-11H,2-7,12-15H2,1H3. The largest absolute Gasteiger partial charge is 0.494 e. The van der Waals surface area contributed by atoms with Crippen LogP contribution in [0.4, 0.5) is 0 Å². The molecular formula is C18H27NO3. The van der Waals surface area contributed by atoms with Crippen molar-refractivity contribution in [3.8, 4) is 5.75 Å². The number of carbonyl (C=O) groups is 1. The average molecular weight is 305 g/mol. The Kier molecular flexibility index (Phi) is 7.23. The number of ether oxygens (including phenoxy) is 2. The van der Waals surface area contributed by atoms with Gasteiger partial charge in [-0.15, -0.1) is 0 Å². The first kappa shape index (κ1) is 16.8. The lowest BCUT2D eigenvalue weighted by Gasteiger charge is -2.19. The summed E-state index contributed by atoms with van der Waals surface area (Å²) >= 11 is 0. The summed E-state index contributed by atoms with van der Waals surface area (Å²) in [6, 6.07) is 7.17. The lowest BCUT2D eigenvalue weighted by molar-refractivity contribution is 0.0526. The van der Waals surface area contributed by atoms with Crippen LogP contribution in [-0.2, 0) is 4.74 Å². The van der Waals surface area contributed by atoms with Gasteiger partial charge in [0, 0.05) is 6.54 Å². The van der Waals surface area contributed by atoms with E-state index in [1.807, 2.05) is 12.1 Å². The Morgan fingerprint density at radius 3 is 2.41 bits per heavy atom. The summed E-state index contributed by atoms with van der Waals surface area (Å²) in [6.07, 6.45) is 6.45. The van der Waals surface area contributed by atoms with E-state index in [2.05, 4.69) is 4.90 Å². The van der Waals surface area contributed by atoms with Crippen LogP contribution in [0, 0.1) is 0 Å². The van der Waals surface area contributed by atoms with Crippen molar-refractivity contribution < 1.29 is 14.3 Å². The second-order valence-corrected chi connectivity index (χ2v) is 5.70. The van der Waals surface area contributed by atoms with Crippen molar-refractivity contribution in [3.63, 3.8) is 0 Å². The maximum absolute atomic E-state index is 11.6. The smallest absolute Gasteiger partial charge is 0.338 e. The molecule has 0 aliphatic carbocycles. The van der Waals surface area contributed by atoms with Crippen LogP contribution in [0.15, 0.2) is 24.3 Å². The molecule has 4 heteroatoms. The number of hydrogen-bond donors (Lipinski definition) is 0. The molecule has 2 rings (SSSR count). The molecule has 1 aliphatic heterocycles. The van der Waals surface area contributed by atoms with Gasteiger partial charge in [0.2, 0.25) is 0 Å². The van der Waals surface area contributed by atoms with E-state index in [1.54, 1.807) is 19.1 Å². The highest BCUT2D eigenvalue weighted by molar-refractivity contribution is 5.89. The molecule has 0 spiro atoms. The molecule has 0 N–H and O–H groups in total. The number of hydrogen-bond acceptors (Lipinski definition) is 4. The van der Waals surface area contributed by atoms with Crippen molar-refractivity contribution in [2.45, 2.75) is 39.0 Å². The second kappa shape index (κ2) is 9.46. The minimum Gasteiger partial charge on any atom is -0.494 e. The van der Waals surface area contributed by atoms with Gasteiger partial charge in [-0.05, 0) is 63.5 Å². The van der Waals surface area contributed by atoms with Crippen molar-refractivity contribution in [2.24, 2.45) is 0 Å². The van der Waals surface area contributed by atoms with E-state index in [0.717, 1.165) is 25.3 Å². The normalized spacial score (nSPS) is 16.0. The minimum atomic E-state index is -0.282. The highest BCUT2D eigenvalue weighted by atomic mass is 16.5. The number of likely N-dealkylation sites (tertiary alicyclic amines) is 1. The molecule has 22 heavy (non-hydrogen) atoms. The van der Waals surface area contributed by atoms with E-state index in [-0.39, 0.29) is 5.97 Å². The molecule has 0 aromatic heterocycles. The fraction of sp³-hybridized carbons (Fsp3) is 0.611. The van der Waals surface area contributed by atoms with Crippen LogP contribution >= 0.6 is 0 Å². The van der Waals surface area contributed by atoms with Crippen LogP contribution < -0.4 is 4.74 Å². The minimum absolute atomic E-state index is 0.282. The zero-order valence-corrected chi connectivity index (χ0v) is 13.6. The summed E-state index contributed by atoms with van der Waals surface area (Å²) < 4.78 is 10.7. The molecule has 0 radical (unpaired) electrons. The summed E-state index contributed by atoms with van der Waals surface area (Å²) in [7, 11) is 0. The van der Waals surface area contributed by atoms with Crippen molar-refractivity contribution in [1.29, 1.82) is 0 Å².